The van der Waals surface area contributed by atoms with Crippen molar-refractivity contribution in [3.05, 3.63) is 71.8 Å². The van der Waals surface area contributed by atoms with Gasteiger partial charge in [0.25, 0.3) is 0 Å². The lowest BCUT2D eigenvalue weighted by Gasteiger charge is -2.21. The maximum absolute atomic E-state index is 12.0. The maximum Gasteiger partial charge on any atom is 0.342 e. The Balaban J connectivity index is 2.03. The third-order valence-corrected chi connectivity index (χ3v) is 2.95. The molecule has 0 aliphatic rings. The topological polar surface area (TPSA) is 46.5 Å². The molecule has 0 aliphatic heterocycles. The molecule has 3 heteroatoms. The van der Waals surface area contributed by atoms with Gasteiger partial charge in [0.2, 0.25) is 0 Å². The second-order valence-corrected chi connectivity index (χ2v) is 4.50. The summed E-state index contributed by atoms with van der Waals surface area (Å²) in [6, 6.07) is 18.1. The van der Waals surface area contributed by atoms with Gasteiger partial charge in [0.05, 0.1) is 0 Å². The summed E-state index contributed by atoms with van der Waals surface area (Å²) in [6.45, 7) is 1.60. The minimum absolute atomic E-state index is 0.155. The van der Waals surface area contributed by atoms with Crippen molar-refractivity contribution in [3.8, 4) is 0 Å². The van der Waals surface area contributed by atoms with Crippen LogP contribution in [0.1, 0.15) is 18.1 Å². The van der Waals surface area contributed by atoms with Crippen LogP contribution in [0, 0.1) is 0 Å². The van der Waals surface area contributed by atoms with Gasteiger partial charge in [0, 0.05) is 0 Å². The van der Waals surface area contributed by atoms with Gasteiger partial charge in [-0.15, -0.1) is 0 Å². The molecule has 2 aromatic carbocycles. The Labute approximate surface area is 112 Å². The van der Waals surface area contributed by atoms with Crippen molar-refractivity contribution in [1.29, 1.82) is 0 Å². The highest BCUT2D eigenvalue weighted by atomic mass is 16.5. The van der Waals surface area contributed by atoms with Crippen LogP contribution in [0.3, 0.4) is 0 Å². The molecule has 0 spiro atoms. The van der Waals surface area contributed by atoms with Gasteiger partial charge in [-0.3, -0.25) is 0 Å². The summed E-state index contributed by atoms with van der Waals surface area (Å²) < 4.78 is 5.16. The molecule has 19 heavy (non-hydrogen) atoms. The predicted molar refractivity (Wildman–Crippen MR) is 72.3 cm³/mol. The molecule has 0 fully saturated rings. The van der Waals surface area contributed by atoms with Gasteiger partial charge < -0.3 is 9.84 Å². The monoisotopic (exact) mass is 256 g/mol. The van der Waals surface area contributed by atoms with E-state index in [1.807, 2.05) is 36.4 Å². The summed E-state index contributed by atoms with van der Waals surface area (Å²) in [5.41, 5.74) is -0.219. The van der Waals surface area contributed by atoms with Crippen LogP contribution in [-0.2, 0) is 21.7 Å². The largest absolute Gasteiger partial charge is 0.458 e. The van der Waals surface area contributed by atoms with Gasteiger partial charge >= 0.3 is 5.97 Å². The molecule has 0 aromatic heterocycles. The van der Waals surface area contributed by atoms with E-state index in [-0.39, 0.29) is 6.61 Å². The van der Waals surface area contributed by atoms with Crippen LogP contribution in [0.2, 0.25) is 0 Å². The molecule has 0 aliphatic carbocycles. The fourth-order valence-corrected chi connectivity index (χ4v) is 1.74. The number of rotatable bonds is 4. The van der Waals surface area contributed by atoms with Crippen molar-refractivity contribution in [1.82, 2.24) is 0 Å². The summed E-state index contributed by atoms with van der Waals surface area (Å²) in [5.74, 6) is -0.650. The zero-order valence-electron chi connectivity index (χ0n) is 10.7. The third-order valence-electron chi connectivity index (χ3n) is 2.95. The van der Waals surface area contributed by atoms with Crippen molar-refractivity contribution in [2.45, 2.75) is 19.1 Å². The van der Waals surface area contributed by atoms with Crippen molar-refractivity contribution >= 4 is 5.97 Å². The number of ether oxygens (including phenoxy) is 1. The van der Waals surface area contributed by atoms with E-state index >= 15 is 0 Å². The van der Waals surface area contributed by atoms with E-state index < -0.39 is 11.6 Å². The average molecular weight is 256 g/mol. The molecule has 2 rings (SSSR count). The summed E-state index contributed by atoms with van der Waals surface area (Å²) in [4.78, 5) is 12.0. The lowest BCUT2D eigenvalue weighted by Crippen LogP contribution is -2.33. The minimum Gasteiger partial charge on any atom is -0.458 e. The number of carbonyl (C=O) groups is 1. The van der Waals surface area contributed by atoms with Crippen molar-refractivity contribution < 1.29 is 14.6 Å². The molecular formula is C16H16O3. The number of benzene rings is 2. The Bertz CT molecular complexity index is 532. The molecule has 1 N–H and O–H groups in total. The minimum atomic E-state index is -1.63. The number of carbonyl (C=O) groups excluding carboxylic acids is 1. The van der Waals surface area contributed by atoms with Crippen LogP contribution in [0.15, 0.2) is 60.7 Å². The van der Waals surface area contributed by atoms with Gasteiger partial charge in [-0.05, 0) is 18.1 Å². The standard InChI is InChI=1S/C16H16O3/c1-16(18,14-10-6-3-7-11-14)15(17)19-12-13-8-4-2-5-9-13/h2-11,18H,12H2,1H3/t16-/m1/s1. The molecule has 0 heterocycles. The fraction of sp³-hybridized carbons (Fsp3) is 0.188. The number of hydrogen-bond donors (Lipinski definition) is 1. The first-order valence-corrected chi connectivity index (χ1v) is 6.10. The van der Waals surface area contributed by atoms with Crippen LogP contribution in [0.4, 0.5) is 0 Å². The molecule has 1 atom stereocenters. The molecule has 3 nitrogen and oxygen atoms in total. The first-order chi connectivity index (χ1) is 9.10. The smallest absolute Gasteiger partial charge is 0.342 e. The Morgan fingerprint density at radius 3 is 2.16 bits per heavy atom. The molecular weight excluding hydrogens is 240 g/mol. The van der Waals surface area contributed by atoms with Crippen LogP contribution in [-0.4, -0.2) is 11.1 Å². The summed E-state index contributed by atoms with van der Waals surface area (Å²) >= 11 is 0. The molecule has 2 aromatic rings. The van der Waals surface area contributed by atoms with E-state index in [1.54, 1.807) is 24.3 Å². The first kappa shape index (κ1) is 13.3. The number of aliphatic hydroxyl groups is 1. The Morgan fingerprint density at radius 1 is 1.05 bits per heavy atom. The maximum atomic E-state index is 12.0. The highest BCUT2D eigenvalue weighted by Gasteiger charge is 2.33. The zero-order valence-corrected chi connectivity index (χ0v) is 10.7. The molecule has 0 unspecified atom stereocenters. The van der Waals surface area contributed by atoms with Gasteiger partial charge in [0.1, 0.15) is 6.61 Å². The lowest BCUT2D eigenvalue weighted by molar-refractivity contribution is -0.166. The van der Waals surface area contributed by atoms with Crippen LogP contribution in [0.25, 0.3) is 0 Å². The van der Waals surface area contributed by atoms with Crippen LogP contribution >= 0.6 is 0 Å². The molecule has 0 saturated heterocycles. The normalized spacial score (nSPS) is 13.6. The van der Waals surface area contributed by atoms with E-state index in [1.165, 1.54) is 6.92 Å². The lowest BCUT2D eigenvalue weighted by atomic mass is 9.96. The SMILES string of the molecule is C[C@](O)(C(=O)OCc1ccccc1)c1ccccc1. The quantitative estimate of drug-likeness (QED) is 0.855. The number of esters is 1. The molecule has 0 saturated carbocycles. The molecule has 0 radical (unpaired) electrons. The van der Waals surface area contributed by atoms with E-state index in [9.17, 15) is 9.90 Å². The molecule has 98 valence electrons. The molecule has 0 amide bonds. The summed E-state index contributed by atoms with van der Waals surface area (Å²) in [7, 11) is 0. The summed E-state index contributed by atoms with van der Waals surface area (Å²) in [6.07, 6.45) is 0. The first-order valence-electron chi connectivity index (χ1n) is 6.10. The van der Waals surface area contributed by atoms with Gasteiger partial charge in [-0.25, -0.2) is 4.79 Å². The van der Waals surface area contributed by atoms with Crippen LogP contribution < -0.4 is 0 Å². The van der Waals surface area contributed by atoms with E-state index in [2.05, 4.69) is 0 Å². The number of hydrogen-bond acceptors (Lipinski definition) is 3. The second kappa shape index (κ2) is 5.67. The Morgan fingerprint density at radius 2 is 1.58 bits per heavy atom. The van der Waals surface area contributed by atoms with E-state index in [0.717, 1.165) is 5.56 Å². The Kier molecular flexibility index (Phi) is 3.97. The molecule has 0 bridgehead atoms. The van der Waals surface area contributed by atoms with E-state index in [0.29, 0.717) is 5.56 Å². The fourth-order valence-electron chi connectivity index (χ4n) is 1.74. The Hall–Kier alpha value is -2.13. The summed E-state index contributed by atoms with van der Waals surface area (Å²) in [5, 5.41) is 10.3. The predicted octanol–water partition coefficient (Wildman–Crippen LogP) is 2.64. The van der Waals surface area contributed by atoms with Crippen molar-refractivity contribution in [3.63, 3.8) is 0 Å². The van der Waals surface area contributed by atoms with Gasteiger partial charge in [-0.2, -0.15) is 0 Å². The highest BCUT2D eigenvalue weighted by molar-refractivity contribution is 5.80. The average Bonchev–Trinajstić information content (AvgIpc) is 2.46. The zero-order chi connectivity index (χ0) is 13.7. The second-order valence-electron chi connectivity index (χ2n) is 4.50. The van der Waals surface area contributed by atoms with Crippen LogP contribution in [0.5, 0.6) is 0 Å². The van der Waals surface area contributed by atoms with Gasteiger partial charge in [-0.1, -0.05) is 60.7 Å². The van der Waals surface area contributed by atoms with E-state index in [4.69, 9.17) is 4.74 Å². The highest BCUT2D eigenvalue weighted by Crippen LogP contribution is 2.22. The van der Waals surface area contributed by atoms with Gasteiger partial charge in [0.15, 0.2) is 5.60 Å². The third kappa shape index (κ3) is 3.20. The van der Waals surface area contributed by atoms with Crippen molar-refractivity contribution in [2.75, 3.05) is 0 Å². The van der Waals surface area contributed by atoms with Crippen molar-refractivity contribution in [2.24, 2.45) is 0 Å².